The van der Waals surface area contributed by atoms with Gasteiger partial charge in [-0.2, -0.15) is 0 Å². The van der Waals surface area contributed by atoms with Gasteiger partial charge in [-0.05, 0) is 25.3 Å². The molecule has 1 fully saturated rings. The summed E-state index contributed by atoms with van der Waals surface area (Å²) in [7, 11) is 0. The van der Waals surface area contributed by atoms with Gasteiger partial charge in [0.15, 0.2) is 4.34 Å². The Morgan fingerprint density at radius 3 is 2.73 bits per heavy atom. The lowest BCUT2D eigenvalue weighted by molar-refractivity contribution is -0.128. The summed E-state index contributed by atoms with van der Waals surface area (Å²) in [6.45, 7) is 3.38. The summed E-state index contributed by atoms with van der Waals surface area (Å²) in [5.41, 5.74) is 1.16. The Hall–Kier alpha value is -1.60. The summed E-state index contributed by atoms with van der Waals surface area (Å²) in [6, 6.07) is 10.6. The van der Waals surface area contributed by atoms with Crippen LogP contribution in [0.1, 0.15) is 44.6 Å². The van der Waals surface area contributed by atoms with Crippen LogP contribution in [-0.4, -0.2) is 39.3 Å². The summed E-state index contributed by atoms with van der Waals surface area (Å²) < 4.78 is 0.854. The number of amides is 1. The molecule has 2 aromatic rings. The fourth-order valence-corrected chi connectivity index (χ4v) is 4.87. The SMILES string of the molecule is CCN(Cc1ccccc1)C(=O)CSc1nnc(NC2CCCCC2)s1. The van der Waals surface area contributed by atoms with E-state index in [0.29, 0.717) is 24.9 Å². The largest absolute Gasteiger partial charge is 0.357 e. The number of carbonyl (C=O) groups excluding carboxylic acids is 1. The molecule has 26 heavy (non-hydrogen) atoms. The zero-order chi connectivity index (χ0) is 18.2. The van der Waals surface area contributed by atoms with Crippen molar-refractivity contribution in [3.63, 3.8) is 0 Å². The molecule has 0 atom stereocenters. The summed E-state index contributed by atoms with van der Waals surface area (Å²) in [5.74, 6) is 0.539. The maximum absolute atomic E-state index is 12.5. The first-order valence-corrected chi connectivity index (χ1v) is 11.1. The average Bonchev–Trinajstić information content (AvgIpc) is 3.13. The quantitative estimate of drug-likeness (QED) is 0.676. The lowest BCUT2D eigenvalue weighted by Gasteiger charge is -2.21. The van der Waals surface area contributed by atoms with Crippen LogP contribution in [0.5, 0.6) is 0 Å². The Labute approximate surface area is 163 Å². The predicted octanol–water partition coefficient (Wildman–Crippen LogP) is 4.42. The molecule has 1 saturated carbocycles. The molecule has 0 unspecified atom stereocenters. The van der Waals surface area contributed by atoms with Gasteiger partial charge < -0.3 is 10.2 Å². The number of nitrogens with one attached hydrogen (secondary N) is 1. The molecule has 0 spiro atoms. The number of thioether (sulfide) groups is 1. The zero-order valence-corrected chi connectivity index (χ0v) is 16.8. The highest BCUT2D eigenvalue weighted by atomic mass is 32.2. The molecule has 1 N–H and O–H groups in total. The highest BCUT2D eigenvalue weighted by Crippen LogP contribution is 2.28. The minimum Gasteiger partial charge on any atom is -0.357 e. The second-order valence-corrected chi connectivity index (χ2v) is 8.73. The molecular weight excluding hydrogens is 364 g/mol. The second-order valence-electron chi connectivity index (χ2n) is 6.53. The number of anilines is 1. The van der Waals surface area contributed by atoms with E-state index in [2.05, 4.69) is 27.6 Å². The summed E-state index contributed by atoms with van der Waals surface area (Å²) in [5, 5.41) is 12.8. The van der Waals surface area contributed by atoms with Gasteiger partial charge in [0.2, 0.25) is 11.0 Å². The normalized spacial score (nSPS) is 15.0. The van der Waals surface area contributed by atoms with Crippen molar-refractivity contribution >= 4 is 34.1 Å². The lowest BCUT2D eigenvalue weighted by atomic mass is 9.96. The van der Waals surface area contributed by atoms with Crippen LogP contribution in [0.3, 0.4) is 0 Å². The zero-order valence-electron chi connectivity index (χ0n) is 15.2. The van der Waals surface area contributed by atoms with E-state index >= 15 is 0 Å². The third-order valence-electron chi connectivity index (χ3n) is 4.61. The Morgan fingerprint density at radius 1 is 1.23 bits per heavy atom. The molecule has 5 nitrogen and oxygen atoms in total. The Bertz CT molecular complexity index is 686. The summed E-state index contributed by atoms with van der Waals surface area (Å²) in [4.78, 5) is 14.4. The number of hydrogen-bond donors (Lipinski definition) is 1. The van der Waals surface area contributed by atoms with Crippen LogP contribution in [0.25, 0.3) is 0 Å². The summed E-state index contributed by atoms with van der Waals surface area (Å²) in [6.07, 6.45) is 6.35. The number of aromatic nitrogens is 2. The van der Waals surface area contributed by atoms with Gasteiger partial charge in [-0.15, -0.1) is 10.2 Å². The molecule has 1 aliphatic rings. The van der Waals surface area contributed by atoms with Crippen molar-refractivity contribution in [3.8, 4) is 0 Å². The van der Waals surface area contributed by atoms with Gasteiger partial charge in [0, 0.05) is 19.1 Å². The molecule has 0 bridgehead atoms. The Balaban J connectivity index is 1.47. The van der Waals surface area contributed by atoms with Gasteiger partial charge in [0.05, 0.1) is 5.75 Å². The monoisotopic (exact) mass is 390 g/mol. The predicted molar refractivity (Wildman–Crippen MR) is 109 cm³/mol. The van der Waals surface area contributed by atoms with E-state index in [1.54, 1.807) is 11.3 Å². The molecule has 3 rings (SSSR count). The number of carbonyl (C=O) groups is 1. The molecule has 1 aromatic heterocycles. The van der Waals surface area contributed by atoms with Crippen LogP contribution in [-0.2, 0) is 11.3 Å². The molecule has 1 aliphatic carbocycles. The average molecular weight is 391 g/mol. The first-order chi connectivity index (χ1) is 12.7. The van der Waals surface area contributed by atoms with E-state index in [4.69, 9.17) is 0 Å². The molecule has 0 radical (unpaired) electrons. The van der Waals surface area contributed by atoms with Crippen molar-refractivity contribution in [2.24, 2.45) is 0 Å². The smallest absolute Gasteiger partial charge is 0.233 e. The van der Waals surface area contributed by atoms with Gasteiger partial charge in [-0.25, -0.2) is 0 Å². The number of benzene rings is 1. The van der Waals surface area contributed by atoms with E-state index in [1.807, 2.05) is 30.0 Å². The Kier molecular flexibility index (Phi) is 7.32. The molecule has 1 aromatic carbocycles. The molecule has 0 aliphatic heterocycles. The fourth-order valence-electron chi connectivity index (χ4n) is 3.14. The van der Waals surface area contributed by atoms with Crippen LogP contribution in [0, 0.1) is 0 Å². The lowest BCUT2D eigenvalue weighted by Crippen LogP contribution is -2.31. The molecule has 1 heterocycles. The first kappa shape index (κ1) is 19.2. The number of nitrogens with zero attached hydrogens (tertiary/aromatic N) is 3. The minimum absolute atomic E-state index is 0.137. The van der Waals surface area contributed by atoms with E-state index < -0.39 is 0 Å². The second kappa shape index (κ2) is 9.92. The first-order valence-electron chi connectivity index (χ1n) is 9.29. The number of rotatable bonds is 8. The standard InChI is InChI=1S/C19H26N4OS2/c1-2-23(13-15-9-5-3-6-10-15)17(24)14-25-19-22-21-18(26-19)20-16-11-7-4-8-12-16/h3,5-6,9-10,16H,2,4,7-8,11-14H2,1H3,(H,20,21). The van der Waals surface area contributed by atoms with Gasteiger partial charge in [-0.3, -0.25) is 4.79 Å². The van der Waals surface area contributed by atoms with Crippen molar-refractivity contribution in [2.45, 2.75) is 56.0 Å². The maximum atomic E-state index is 12.5. The van der Waals surface area contributed by atoms with E-state index in [-0.39, 0.29) is 5.91 Å². The van der Waals surface area contributed by atoms with Crippen molar-refractivity contribution in [1.29, 1.82) is 0 Å². The van der Waals surface area contributed by atoms with Gasteiger partial charge in [-0.1, -0.05) is 72.7 Å². The van der Waals surface area contributed by atoms with E-state index in [0.717, 1.165) is 15.0 Å². The minimum atomic E-state index is 0.137. The molecule has 0 saturated heterocycles. The van der Waals surface area contributed by atoms with Gasteiger partial charge in [0.25, 0.3) is 0 Å². The van der Waals surface area contributed by atoms with Crippen LogP contribution >= 0.6 is 23.1 Å². The van der Waals surface area contributed by atoms with Gasteiger partial charge >= 0.3 is 0 Å². The highest BCUT2D eigenvalue weighted by Gasteiger charge is 2.17. The highest BCUT2D eigenvalue weighted by molar-refractivity contribution is 8.01. The van der Waals surface area contributed by atoms with E-state index in [1.165, 1.54) is 43.9 Å². The van der Waals surface area contributed by atoms with Crippen molar-refractivity contribution in [2.75, 3.05) is 17.6 Å². The van der Waals surface area contributed by atoms with Crippen LogP contribution in [0.15, 0.2) is 34.7 Å². The van der Waals surface area contributed by atoms with Crippen LogP contribution < -0.4 is 5.32 Å². The van der Waals surface area contributed by atoms with Crippen LogP contribution in [0.2, 0.25) is 0 Å². The number of hydrogen-bond acceptors (Lipinski definition) is 6. The van der Waals surface area contributed by atoms with E-state index in [9.17, 15) is 4.79 Å². The topological polar surface area (TPSA) is 58.1 Å². The maximum Gasteiger partial charge on any atom is 0.233 e. The molecular formula is C19H26N4OS2. The van der Waals surface area contributed by atoms with Crippen molar-refractivity contribution in [1.82, 2.24) is 15.1 Å². The van der Waals surface area contributed by atoms with Gasteiger partial charge in [0.1, 0.15) is 0 Å². The molecule has 1 amide bonds. The van der Waals surface area contributed by atoms with Crippen molar-refractivity contribution in [3.05, 3.63) is 35.9 Å². The van der Waals surface area contributed by atoms with Crippen LogP contribution in [0.4, 0.5) is 5.13 Å². The fraction of sp³-hybridized carbons (Fsp3) is 0.526. The molecule has 7 heteroatoms. The third kappa shape index (κ3) is 5.71. The van der Waals surface area contributed by atoms with Crippen molar-refractivity contribution < 1.29 is 4.79 Å². The third-order valence-corrected chi connectivity index (χ3v) is 6.58. The summed E-state index contributed by atoms with van der Waals surface area (Å²) >= 11 is 3.03. The Morgan fingerprint density at radius 2 is 2.00 bits per heavy atom. The molecule has 140 valence electrons.